The van der Waals surface area contributed by atoms with Gasteiger partial charge in [0.05, 0.1) is 18.8 Å². The molecule has 0 spiro atoms. The first-order chi connectivity index (χ1) is 16.5. The van der Waals surface area contributed by atoms with Gasteiger partial charge in [-0.05, 0) is 30.3 Å². The van der Waals surface area contributed by atoms with Gasteiger partial charge in [-0.2, -0.15) is 23.4 Å². The molecule has 0 radical (unpaired) electrons. The molecule has 2 aromatic carbocycles. The van der Waals surface area contributed by atoms with Crippen molar-refractivity contribution in [1.82, 2.24) is 29.1 Å². The predicted octanol–water partition coefficient (Wildman–Crippen LogP) is 2.43. The van der Waals surface area contributed by atoms with E-state index in [4.69, 9.17) is 0 Å². The average Bonchev–Trinajstić information content (AvgIpc) is 3.42. The third-order valence-electron chi connectivity index (χ3n) is 4.98. The first kappa shape index (κ1) is 24.1. The van der Waals surface area contributed by atoms with Crippen LogP contribution in [0, 0.1) is 11.6 Å². The third-order valence-corrected chi connectivity index (χ3v) is 4.98. The number of halogens is 5. The molecule has 0 saturated carbocycles. The van der Waals surface area contributed by atoms with Gasteiger partial charge in [0.15, 0.2) is 6.61 Å². The van der Waals surface area contributed by atoms with Crippen LogP contribution in [0.2, 0.25) is 0 Å². The van der Waals surface area contributed by atoms with Crippen LogP contribution in [0.1, 0.15) is 5.56 Å². The van der Waals surface area contributed by atoms with Crippen LogP contribution in [0.15, 0.2) is 66.2 Å². The second-order valence-corrected chi connectivity index (χ2v) is 7.59. The Kier molecular flexibility index (Phi) is 6.39. The van der Waals surface area contributed by atoms with Crippen LogP contribution in [-0.4, -0.2) is 47.0 Å². The summed E-state index contributed by atoms with van der Waals surface area (Å²) in [7, 11) is 0. The molecular weight excluding hydrogens is 479 g/mol. The number of ether oxygens (including phenoxy) is 1. The van der Waals surface area contributed by atoms with Crippen molar-refractivity contribution in [1.29, 1.82) is 0 Å². The van der Waals surface area contributed by atoms with Gasteiger partial charge in [-0.25, -0.2) is 32.5 Å². The SMILES string of the molecule is O=c1n(-c2ccc(OCC(F)(F)F)cc2)cnn1C[C@](O)(Cn1cncn1)c1ccc(F)cc1F. The Morgan fingerprint density at radius 1 is 0.971 bits per heavy atom. The normalized spacial score (nSPS) is 13.5. The second kappa shape index (κ2) is 9.29. The van der Waals surface area contributed by atoms with Gasteiger partial charge in [0.1, 0.15) is 42.0 Å². The highest BCUT2D eigenvalue weighted by Crippen LogP contribution is 2.28. The van der Waals surface area contributed by atoms with Crippen molar-refractivity contribution in [2.45, 2.75) is 24.9 Å². The Labute approximate surface area is 193 Å². The molecule has 9 nitrogen and oxygen atoms in total. The van der Waals surface area contributed by atoms with Crippen molar-refractivity contribution >= 4 is 0 Å². The molecule has 2 heterocycles. The number of alkyl halides is 3. The molecule has 0 fully saturated rings. The van der Waals surface area contributed by atoms with Crippen molar-refractivity contribution < 1.29 is 31.8 Å². The zero-order valence-electron chi connectivity index (χ0n) is 17.7. The molecule has 2 aromatic heterocycles. The fourth-order valence-corrected chi connectivity index (χ4v) is 3.41. The molecule has 1 atom stereocenters. The summed E-state index contributed by atoms with van der Waals surface area (Å²) in [5.74, 6) is -1.94. The lowest BCUT2D eigenvalue weighted by molar-refractivity contribution is -0.153. The molecule has 4 aromatic rings. The number of nitrogens with zero attached hydrogens (tertiary/aromatic N) is 6. The summed E-state index contributed by atoms with van der Waals surface area (Å²) >= 11 is 0. The minimum atomic E-state index is -4.50. The number of benzene rings is 2. The van der Waals surface area contributed by atoms with Crippen LogP contribution in [0.25, 0.3) is 5.69 Å². The van der Waals surface area contributed by atoms with Gasteiger partial charge in [-0.3, -0.25) is 0 Å². The molecule has 0 aliphatic carbocycles. The highest BCUT2D eigenvalue weighted by molar-refractivity contribution is 5.37. The highest BCUT2D eigenvalue weighted by atomic mass is 19.4. The van der Waals surface area contributed by atoms with E-state index in [1.54, 1.807) is 0 Å². The van der Waals surface area contributed by atoms with Crippen molar-refractivity contribution in [2.24, 2.45) is 0 Å². The average molecular weight is 496 g/mol. The van der Waals surface area contributed by atoms with Crippen LogP contribution < -0.4 is 10.4 Å². The minimum absolute atomic E-state index is 0.0551. The van der Waals surface area contributed by atoms with Crippen LogP contribution in [0.4, 0.5) is 22.0 Å². The maximum atomic E-state index is 14.6. The fourth-order valence-electron chi connectivity index (χ4n) is 3.41. The van der Waals surface area contributed by atoms with E-state index >= 15 is 0 Å². The van der Waals surface area contributed by atoms with Gasteiger partial charge in [0.25, 0.3) is 0 Å². The van der Waals surface area contributed by atoms with E-state index in [2.05, 4.69) is 19.9 Å². The van der Waals surface area contributed by atoms with E-state index in [1.165, 1.54) is 41.6 Å². The maximum absolute atomic E-state index is 14.6. The Morgan fingerprint density at radius 3 is 2.34 bits per heavy atom. The molecule has 0 unspecified atom stereocenters. The predicted molar refractivity (Wildman–Crippen MR) is 110 cm³/mol. The number of hydrogen-bond donors (Lipinski definition) is 1. The third kappa shape index (κ3) is 5.54. The van der Waals surface area contributed by atoms with Crippen LogP contribution in [-0.2, 0) is 18.7 Å². The molecule has 184 valence electrons. The molecule has 1 N–H and O–H groups in total. The smallest absolute Gasteiger partial charge is 0.422 e. The molecular formula is C21H17F5N6O3. The fraction of sp³-hybridized carbons (Fsp3) is 0.238. The minimum Gasteiger partial charge on any atom is -0.484 e. The van der Waals surface area contributed by atoms with E-state index in [0.717, 1.165) is 27.7 Å². The van der Waals surface area contributed by atoms with Crippen molar-refractivity contribution in [2.75, 3.05) is 6.61 Å². The highest BCUT2D eigenvalue weighted by Gasteiger charge is 2.35. The largest absolute Gasteiger partial charge is 0.484 e. The van der Waals surface area contributed by atoms with Gasteiger partial charge < -0.3 is 9.84 Å². The molecule has 0 aliphatic rings. The lowest BCUT2D eigenvalue weighted by Gasteiger charge is -2.28. The summed E-state index contributed by atoms with van der Waals surface area (Å²) in [6, 6.07) is 7.82. The summed E-state index contributed by atoms with van der Waals surface area (Å²) in [5, 5.41) is 19.2. The summed E-state index contributed by atoms with van der Waals surface area (Å²) in [6.45, 7) is -2.33. The Balaban J connectivity index is 1.62. The standard InChI is InChI=1S/C21H17F5N6O3/c22-14-1-6-17(18(23)7-14)20(34,8-30-12-27-11-28-30)9-32-19(33)31(13-29-32)15-2-4-16(5-3-15)35-10-21(24,25)26/h1-7,11-13,34H,8-10H2/t20-/m1/s1. The van der Waals surface area contributed by atoms with E-state index in [0.29, 0.717) is 6.07 Å². The van der Waals surface area contributed by atoms with Crippen LogP contribution >= 0.6 is 0 Å². The van der Waals surface area contributed by atoms with Crippen LogP contribution in [0.3, 0.4) is 0 Å². The zero-order chi connectivity index (χ0) is 25.2. The van der Waals surface area contributed by atoms with E-state index in [1.807, 2.05) is 0 Å². The van der Waals surface area contributed by atoms with Crippen molar-refractivity contribution in [3.8, 4) is 11.4 Å². The molecule has 35 heavy (non-hydrogen) atoms. The molecule has 0 saturated heterocycles. The molecule has 14 heteroatoms. The number of aromatic nitrogens is 6. The van der Waals surface area contributed by atoms with Gasteiger partial charge >= 0.3 is 11.9 Å². The lowest BCUT2D eigenvalue weighted by atomic mass is 9.93. The monoisotopic (exact) mass is 496 g/mol. The van der Waals surface area contributed by atoms with Gasteiger partial charge in [0, 0.05) is 11.6 Å². The molecule has 0 amide bonds. The Morgan fingerprint density at radius 2 is 1.71 bits per heavy atom. The quantitative estimate of drug-likeness (QED) is 0.376. The van der Waals surface area contributed by atoms with Gasteiger partial charge in [-0.15, -0.1) is 0 Å². The summed E-state index contributed by atoms with van der Waals surface area (Å²) in [5.41, 5.74) is -2.84. The molecule has 4 rings (SSSR count). The van der Waals surface area contributed by atoms with Gasteiger partial charge in [0.2, 0.25) is 0 Å². The Hall–Kier alpha value is -4.07. The lowest BCUT2D eigenvalue weighted by Crippen LogP contribution is -2.41. The van der Waals surface area contributed by atoms with E-state index in [-0.39, 0.29) is 23.5 Å². The maximum Gasteiger partial charge on any atom is 0.422 e. The molecule has 0 bridgehead atoms. The number of rotatable bonds is 8. The zero-order valence-corrected chi connectivity index (χ0v) is 17.7. The summed E-state index contributed by atoms with van der Waals surface area (Å²) in [6.07, 6.45) is -0.894. The van der Waals surface area contributed by atoms with E-state index in [9.17, 15) is 31.9 Å². The number of hydrogen-bond acceptors (Lipinski definition) is 6. The number of aliphatic hydroxyl groups is 1. The van der Waals surface area contributed by atoms with Gasteiger partial charge in [-0.1, -0.05) is 6.07 Å². The topological polar surface area (TPSA) is 100.0 Å². The van der Waals surface area contributed by atoms with E-state index < -0.39 is 42.3 Å². The molecule has 0 aliphatic heterocycles. The van der Waals surface area contributed by atoms with Crippen molar-refractivity contribution in [3.63, 3.8) is 0 Å². The van der Waals surface area contributed by atoms with Crippen molar-refractivity contribution in [3.05, 3.63) is 89.1 Å². The summed E-state index contributed by atoms with van der Waals surface area (Å²) < 4.78 is 72.8. The second-order valence-electron chi connectivity index (χ2n) is 7.59. The Bertz CT molecular complexity index is 1350. The van der Waals surface area contributed by atoms with Crippen LogP contribution in [0.5, 0.6) is 5.75 Å². The first-order valence-corrected chi connectivity index (χ1v) is 9.99. The summed E-state index contributed by atoms with van der Waals surface area (Å²) in [4.78, 5) is 16.7. The first-order valence-electron chi connectivity index (χ1n) is 9.99.